The van der Waals surface area contributed by atoms with Crippen LogP contribution in [-0.4, -0.2) is 12.6 Å². The minimum atomic E-state index is 0.685. The molecule has 1 atom stereocenters. The van der Waals surface area contributed by atoms with E-state index in [2.05, 4.69) is 17.8 Å². The molecule has 1 rings (SSSR count). The molecule has 6 heavy (non-hydrogen) atoms. The molecule has 2 nitrogen and oxygen atoms in total. The fraction of sp³-hybridized carbons (Fsp3) is 1.00. The van der Waals surface area contributed by atoms with Crippen molar-refractivity contribution in [3.8, 4) is 0 Å². The smallest absolute Gasteiger partial charge is 0.0197 e. The molecule has 1 heterocycles. The number of rotatable bonds is 0. The van der Waals surface area contributed by atoms with Crippen LogP contribution in [0.2, 0.25) is 0 Å². The Kier molecular flexibility index (Phi) is 1.08. The van der Waals surface area contributed by atoms with E-state index in [1.807, 2.05) is 0 Å². The molecular weight excluding hydrogens is 76.1 g/mol. The summed E-state index contributed by atoms with van der Waals surface area (Å²) in [7, 11) is 0. The summed E-state index contributed by atoms with van der Waals surface area (Å²) in [6, 6.07) is 0.685. The van der Waals surface area contributed by atoms with Crippen molar-refractivity contribution >= 4 is 0 Å². The van der Waals surface area contributed by atoms with Gasteiger partial charge in [0.05, 0.1) is 0 Å². The van der Waals surface area contributed by atoms with E-state index >= 15 is 0 Å². The second-order valence-corrected chi connectivity index (χ2v) is 1.76. The molecule has 36 valence electrons. The third-order valence-corrected chi connectivity index (χ3v) is 1.05. The van der Waals surface area contributed by atoms with Crippen LogP contribution in [0.1, 0.15) is 13.3 Å². The van der Waals surface area contributed by atoms with Crippen LogP contribution in [0.25, 0.3) is 0 Å². The fourth-order valence-corrected chi connectivity index (χ4v) is 0.607. The second-order valence-electron chi connectivity index (χ2n) is 1.76. The first-order valence-corrected chi connectivity index (χ1v) is 2.38. The molecule has 0 aromatic carbocycles. The molecule has 2 N–H and O–H groups in total. The molecule has 0 saturated carbocycles. The summed E-state index contributed by atoms with van der Waals surface area (Å²) in [5.74, 6) is 0. The van der Waals surface area contributed by atoms with Crippen LogP contribution in [0.5, 0.6) is 0 Å². The first-order chi connectivity index (χ1) is 2.89. The molecule has 1 fully saturated rings. The van der Waals surface area contributed by atoms with Gasteiger partial charge in [-0.25, -0.2) is 0 Å². The van der Waals surface area contributed by atoms with Gasteiger partial charge in [-0.05, 0) is 13.3 Å². The summed E-state index contributed by atoms with van der Waals surface area (Å²) in [6.45, 7) is 3.29. The average molecular weight is 86.1 g/mol. The lowest BCUT2D eigenvalue weighted by atomic mass is 10.3. The standard InChI is InChI=1S/C4H10N2/c1-4-2-3-5-6-4/h4-6H,2-3H2,1H3/t4-/m1/s1. The summed E-state index contributed by atoms with van der Waals surface area (Å²) in [5, 5.41) is 0. The first kappa shape index (κ1) is 4.09. The summed E-state index contributed by atoms with van der Waals surface area (Å²) in [4.78, 5) is 0. The summed E-state index contributed by atoms with van der Waals surface area (Å²) < 4.78 is 0. The van der Waals surface area contributed by atoms with Gasteiger partial charge in [-0.2, -0.15) is 0 Å². The van der Waals surface area contributed by atoms with Crippen LogP contribution >= 0.6 is 0 Å². The van der Waals surface area contributed by atoms with Gasteiger partial charge in [0.1, 0.15) is 0 Å². The Morgan fingerprint density at radius 2 is 2.50 bits per heavy atom. The van der Waals surface area contributed by atoms with Crippen molar-refractivity contribution in [3.05, 3.63) is 0 Å². The van der Waals surface area contributed by atoms with Gasteiger partial charge in [0, 0.05) is 12.6 Å². The Balaban J connectivity index is 2.18. The largest absolute Gasteiger partial charge is 0.258 e. The van der Waals surface area contributed by atoms with Crippen molar-refractivity contribution in [2.24, 2.45) is 0 Å². The predicted octanol–water partition coefficient (Wildman–Crippen LogP) is -0.127. The zero-order chi connectivity index (χ0) is 4.41. The van der Waals surface area contributed by atoms with Gasteiger partial charge in [0.25, 0.3) is 0 Å². The lowest BCUT2D eigenvalue weighted by molar-refractivity contribution is 0.594. The highest BCUT2D eigenvalue weighted by atomic mass is 15.4. The van der Waals surface area contributed by atoms with Gasteiger partial charge in [0.2, 0.25) is 0 Å². The molecule has 0 aliphatic carbocycles. The summed E-state index contributed by atoms with van der Waals surface area (Å²) >= 11 is 0. The Labute approximate surface area is 37.9 Å². The van der Waals surface area contributed by atoms with Crippen molar-refractivity contribution < 1.29 is 0 Å². The van der Waals surface area contributed by atoms with Crippen molar-refractivity contribution in [2.75, 3.05) is 6.54 Å². The zero-order valence-corrected chi connectivity index (χ0v) is 3.99. The molecule has 0 aromatic rings. The highest BCUT2D eigenvalue weighted by molar-refractivity contribution is 4.64. The van der Waals surface area contributed by atoms with E-state index in [4.69, 9.17) is 0 Å². The Bertz CT molecular complexity index is 38.8. The van der Waals surface area contributed by atoms with Gasteiger partial charge in [-0.1, -0.05) is 0 Å². The van der Waals surface area contributed by atoms with Gasteiger partial charge in [-0.15, -0.1) is 0 Å². The molecule has 0 spiro atoms. The van der Waals surface area contributed by atoms with Crippen molar-refractivity contribution in [1.29, 1.82) is 0 Å². The van der Waals surface area contributed by atoms with Crippen LogP contribution in [-0.2, 0) is 0 Å². The summed E-state index contributed by atoms with van der Waals surface area (Å²) in [5.41, 5.74) is 6.09. The number of hydrazine groups is 1. The average Bonchev–Trinajstić information content (AvgIpc) is 1.86. The Hall–Kier alpha value is -0.0800. The molecule has 0 bridgehead atoms. The zero-order valence-electron chi connectivity index (χ0n) is 3.99. The van der Waals surface area contributed by atoms with E-state index in [1.54, 1.807) is 0 Å². The molecule has 1 aliphatic heterocycles. The molecule has 0 amide bonds. The normalized spacial score (nSPS) is 34.5. The highest BCUT2D eigenvalue weighted by Crippen LogP contribution is 1.90. The molecule has 1 aliphatic rings. The minimum absolute atomic E-state index is 0.685. The quantitative estimate of drug-likeness (QED) is 0.429. The number of nitrogens with one attached hydrogen (secondary N) is 2. The van der Waals surface area contributed by atoms with Gasteiger partial charge in [0.15, 0.2) is 0 Å². The van der Waals surface area contributed by atoms with E-state index in [-0.39, 0.29) is 0 Å². The van der Waals surface area contributed by atoms with Crippen LogP contribution in [0.4, 0.5) is 0 Å². The molecule has 1 saturated heterocycles. The first-order valence-electron chi connectivity index (χ1n) is 2.38. The van der Waals surface area contributed by atoms with Crippen LogP contribution in [0.3, 0.4) is 0 Å². The van der Waals surface area contributed by atoms with Crippen molar-refractivity contribution in [2.45, 2.75) is 19.4 Å². The molecule has 0 aromatic heterocycles. The predicted molar refractivity (Wildman–Crippen MR) is 25.2 cm³/mol. The minimum Gasteiger partial charge on any atom is -0.258 e. The molecule has 2 heteroatoms. The maximum Gasteiger partial charge on any atom is 0.0197 e. The highest BCUT2D eigenvalue weighted by Gasteiger charge is 2.04. The molecule has 0 radical (unpaired) electrons. The van der Waals surface area contributed by atoms with E-state index in [1.165, 1.54) is 6.42 Å². The van der Waals surface area contributed by atoms with E-state index in [9.17, 15) is 0 Å². The molecular formula is C4H10N2. The van der Waals surface area contributed by atoms with Crippen LogP contribution < -0.4 is 10.9 Å². The fourth-order valence-electron chi connectivity index (χ4n) is 0.607. The topological polar surface area (TPSA) is 24.1 Å². The van der Waals surface area contributed by atoms with Gasteiger partial charge < -0.3 is 0 Å². The van der Waals surface area contributed by atoms with Gasteiger partial charge in [-0.3, -0.25) is 10.9 Å². The van der Waals surface area contributed by atoms with Crippen LogP contribution in [0, 0.1) is 0 Å². The molecule has 0 unspecified atom stereocenters. The third-order valence-electron chi connectivity index (χ3n) is 1.05. The van der Waals surface area contributed by atoms with Gasteiger partial charge >= 0.3 is 0 Å². The SMILES string of the molecule is C[C@@H]1CCNN1. The monoisotopic (exact) mass is 86.1 g/mol. The van der Waals surface area contributed by atoms with E-state index < -0.39 is 0 Å². The lowest BCUT2D eigenvalue weighted by Gasteiger charge is -1.94. The third kappa shape index (κ3) is 0.698. The summed E-state index contributed by atoms with van der Waals surface area (Å²) in [6.07, 6.45) is 1.26. The van der Waals surface area contributed by atoms with Crippen LogP contribution in [0.15, 0.2) is 0 Å². The van der Waals surface area contributed by atoms with Crippen molar-refractivity contribution in [3.63, 3.8) is 0 Å². The number of hydrogen-bond acceptors (Lipinski definition) is 2. The second kappa shape index (κ2) is 1.58. The Morgan fingerprint density at radius 1 is 1.67 bits per heavy atom. The van der Waals surface area contributed by atoms with Crippen molar-refractivity contribution in [1.82, 2.24) is 10.9 Å². The maximum atomic E-state index is 3.07. The van der Waals surface area contributed by atoms with E-state index in [0.717, 1.165) is 6.54 Å². The lowest BCUT2D eigenvalue weighted by Crippen LogP contribution is -2.27. The number of hydrogen-bond donors (Lipinski definition) is 2. The Morgan fingerprint density at radius 3 is 2.67 bits per heavy atom. The van der Waals surface area contributed by atoms with E-state index in [0.29, 0.717) is 6.04 Å². The maximum absolute atomic E-state index is 3.07.